The fraction of sp³-hybridized carbons (Fsp3) is 0. The number of aromatic nitrogens is 3. The number of hydrogen-bond acceptors (Lipinski definition) is 4. The molecule has 0 amide bonds. The van der Waals surface area contributed by atoms with Crippen LogP contribution < -0.4 is 0 Å². The molecule has 0 spiro atoms. The molecule has 3 nitrogen and oxygen atoms in total. The first kappa shape index (κ1) is 36.3. The van der Waals surface area contributed by atoms with E-state index in [4.69, 9.17) is 15.0 Å². The van der Waals surface area contributed by atoms with E-state index in [1.807, 2.05) is 35.6 Å². The van der Waals surface area contributed by atoms with Gasteiger partial charge in [-0.1, -0.05) is 212 Å². The quantitative estimate of drug-likeness (QED) is 0.154. The van der Waals surface area contributed by atoms with Crippen LogP contribution in [-0.4, -0.2) is 15.0 Å². The number of hydrogen-bond donors (Lipinski definition) is 0. The Hall–Kier alpha value is -7.79. The lowest BCUT2D eigenvalue weighted by Gasteiger charge is -2.14. The third-order valence-electron chi connectivity index (χ3n) is 11.4. The molecular weight excluding hydrogens is 759 g/mol. The lowest BCUT2D eigenvalue weighted by atomic mass is 9.97. The summed E-state index contributed by atoms with van der Waals surface area (Å²) < 4.78 is 2.65. The molecular formula is C57H37N3S. The zero-order valence-electron chi connectivity index (χ0n) is 33.1. The van der Waals surface area contributed by atoms with Crippen molar-refractivity contribution in [1.29, 1.82) is 0 Å². The Labute approximate surface area is 359 Å². The number of fused-ring (bicyclic) bond motifs is 3. The highest BCUT2D eigenvalue weighted by atomic mass is 32.1. The van der Waals surface area contributed by atoms with Crippen LogP contribution in [0.25, 0.3) is 110 Å². The Morgan fingerprint density at radius 2 is 0.590 bits per heavy atom. The molecule has 0 saturated carbocycles. The maximum Gasteiger partial charge on any atom is 0.164 e. The minimum Gasteiger partial charge on any atom is -0.208 e. The van der Waals surface area contributed by atoms with Crippen LogP contribution in [0.5, 0.6) is 0 Å². The highest BCUT2D eigenvalue weighted by Crippen LogP contribution is 2.38. The van der Waals surface area contributed by atoms with Crippen molar-refractivity contribution in [2.24, 2.45) is 0 Å². The van der Waals surface area contributed by atoms with Gasteiger partial charge in [-0.05, 0) is 67.8 Å². The van der Waals surface area contributed by atoms with Crippen LogP contribution in [0.3, 0.4) is 0 Å². The number of benzene rings is 9. The van der Waals surface area contributed by atoms with Crippen molar-refractivity contribution >= 4 is 31.5 Å². The molecule has 2 heterocycles. The van der Waals surface area contributed by atoms with Crippen molar-refractivity contribution < 1.29 is 0 Å². The monoisotopic (exact) mass is 795 g/mol. The van der Waals surface area contributed by atoms with Crippen molar-refractivity contribution in [2.75, 3.05) is 0 Å². The van der Waals surface area contributed by atoms with Gasteiger partial charge < -0.3 is 0 Å². The fourth-order valence-electron chi connectivity index (χ4n) is 8.27. The molecule has 0 radical (unpaired) electrons. The first-order chi connectivity index (χ1) is 30.2. The molecule has 286 valence electrons. The van der Waals surface area contributed by atoms with Crippen LogP contribution in [0.2, 0.25) is 0 Å². The molecule has 0 saturated heterocycles. The van der Waals surface area contributed by atoms with Crippen molar-refractivity contribution in [1.82, 2.24) is 15.0 Å². The molecule has 0 unspecified atom stereocenters. The second-order valence-corrected chi connectivity index (χ2v) is 16.3. The van der Waals surface area contributed by atoms with Gasteiger partial charge in [0.05, 0.1) is 0 Å². The smallest absolute Gasteiger partial charge is 0.164 e. The van der Waals surface area contributed by atoms with Crippen molar-refractivity contribution in [3.05, 3.63) is 224 Å². The highest BCUT2D eigenvalue weighted by molar-refractivity contribution is 7.25. The van der Waals surface area contributed by atoms with Crippen LogP contribution >= 0.6 is 11.3 Å². The standard InChI is InChI=1S/C57H37N3S/c1-3-13-43(14-4-1)47-17-7-9-20-51(47)56-58-55(59-57(60-56)52-21-10-8-18-48(52)44-15-5-2-6-16-44)45-33-31-41(32-34-45)39-25-23-38(24-26-39)40-27-29-42(30-28-40)46-35-36-50-49-19-11-12-22-53(49)61-54(50)37-46/h1-37H. The Morgan fingerprint density at radius 3 is 1.10 bits per heavy atom. The van der Waals surface area contributed by atoms with E-state index in [1.165, 1.54) is 42.4 Å². The van der Waals surface area contributed by atoms with Gasteiger partial charge in [0.15, 0.2) is 17.5 Å². The van der Waals surface area contributed by atoms with Crippen LogP contribution in [0.1, 0.15) is 0 Å². The van der Waals surface area contributed by atoms with Gasteiger partial charge in [-0.2, -0.15) is 0 Å². The van der Waals surface area contributed by atoms with E-state index in [-0.39, 0.29) is 0 Å². The largest absolute Gasteiger partial charge is 0.208 e. The first-order valence-corrected chi connectivity index (χ1v) is 21.3. The Balaban J connectivity index is 0.902. The molecule has 61 heavy (non-hydrogen) atoms. The Morgan fingerprint density at radius 1 is 0.230 bits per heavy atom. The van der Waals surface area contributed by atoms with Crippen molar-refractivity contribution in [3.8, 4) is 89.8 Å². The molecule has 0 N–H and O–H groups in total. The zero-order chi connectivity index (χ0) is 40.5. The van der Waals surface area contributed by atoms with E-state index in [1.54, 1.807) is 0 Å². The number of rotatable bonds is 8. The Kier molecular flexibility index (Phi) is 9.38. The SMILES string of the molecule is c1ccc(-c2ccccc2-c2nc(-c3ccc(-c4ccc(-c5ccc(-c6ccc7c(c6)sc6ccccc67)cc5)cc4)cc3)nc(-c3ccccc3-c3ccccc3)n2)cc1. The highest BCUT2D eigenvalue weighted by Gasteiger charge is 2.18. The maximum atomic E-state index is 5.19. The molecule has 11 aromatic rings. The number of thiophene rings is 1. The first-order valence-electron chi connectivity index (χ1n) is 20.5. The van der Waals surface area contributed by atoms with Crippen molar-refractivity contribution in [2.45, 2.75) is 0 Å². The van der Waals surface area contributed by atoms with E-state index in [2.05, 4.69) is 200 Å². The fourth-order valence-corrected chi connectivity index (χ4v) is 9.41. The van der Waals surface area contributed by atoms with Crippen LogP contribution in [0.4, 0.5) is 0 Å². The summed E-state index contributed by atoms with van der Waals surface area (Å²) in [6.45, 7) is 0. The van der Waals surface area contributed by atoms with Gasteiger partial charge >= 0.3 is 0 Å². The predicted octanol–water partition coefficient (Wildman–Crippen LogP) is 15.6. The molecule has 0 fully saturated rings. The van der Waals surface area contributed by atoms with E-state index in [0.29, 0.717) is 17.5 Å². The zero-order valence-corrected chi connectivity index (χ0v) is 33.9. The molecule has 0 atom stereocenters. The lowest BCUT2D eigenvalue weighted by Crippen LogP contribution is -2.02. The molecule has 4 heteroatoms. The van der Waals surface area contributed by atoms with E-state index in [9.17, 15) is 0 Å². The summed E-state index contributed by atoms with van der Waals surface area (Å²) in [5.74, 6) is 1.89. The number of nitrogens with zero attached hydrogens (tertiary/aromatic N) is 3. The van der Waals surface area contributed by atoms with E-state index in [0.717, 1.165) is 50.1 Å². The molecule has 0 aliphatic carbocycles. The minimum atomic E-state index is 0.625. The second kappa shape index (κ2) is 15.8. The molecule has 2 aromatic heterocycles. The topological polar surface area (TPSA) is 38.7 Å². The molecule has 0 aliphatic heterocycles. The van der Waals surface area contributed by atoms with Gasteiger partial charge in [0.2, 0.25) is 0 Å². The Bertz CT molecular complexity index is 3220. The average molecular weight is 796 g/mol. The van der Waals surface area contributed by atoms with Crippen LogP contribution in [0, 0.1) is 0 Å². The third kappa shape index (κ3) is 7.09. The summed E-state index contributed by atoms with van der Waals surface area (Å²) in [4.78, 5) is 15.5. The average Bonchev–Trinajstić information content (AvgIpc) is 3.73. The lowest BCUT2D eigenvalue weighted by molar-refractivity contribution is 1.07. The summed E-state index contributed by atoms with van der Waals surface area (Å²) in [7, 11) is 0. The van der Waals surface area contributed by atoms with Crippen LogP contribution in [-0.2, 0) is 0 Å². The van der Waals surface area contributed by atoms with Gasteiger partial charge in [-0.15, -0.1) is 11.3 Å². The molecule has 0 aliphatic rings. The molecule has 11 rings (SSSR count). The molecule has 0 bridgehead atoms. The predicted molar refractivity (Wildman–Crippen MR) is 256 cm³/mol. The van der Waals surface area contributed by atoms with Gasteiger partial charge in [-0.3, -0.25) is 0 Å². The summed E-state index contributed by atoms with van der Waals surface area (Å²) in [5, 5.41) is 2.66. The summed E-state index contributed by atoms with van der Waals surface area (Å²) in [6, 6.07) is 79.3. The minimum absolute atomic E-state index is 0.625. The van der Waals surface area contributed by atoms with Crippen LogP contribution in [0.15, 0.2) is 224 Å². The summed E-state index contributed by atoms with van der Waals surface area (Å²) in [6.07, 6.45) is 0. The molecule has 9 aromatic carbocycles. The van der Waals surface area contributed by atoms with Gasteiger partial charge in [0, 0.05) is 36.9 Å². The third-order valence-corrected chi connectivity index (χ3v) is 12.6. The van der Waals surface area contributed by atoms with Gasteiger partial charge in [-0.25, -0.2) is 15.0 Å². The van der Waals surface area contributed by atoms with Gasteiger partial charge in [0.1, 0.15) is 0 Å². The van der Waals surface area contributed by atoms with E-state index >= 15 is 0 Å². The van der Waals surface area contributed by atoms with Gasteiger partial charge in [0.25, 0.3) is 0 Å². The van der Waals surface area contributed by atoms with Crippen molar-refractivity contribution in [3.63, 3.8) is 0 Å². The maximum absolute atomic E-state index is 5.19. The normalized spacial score (nSPS) is 11.3. The summed E-state index contributed by atoms with van der Waals surface area (Å²) in [5.41, 5.74) is 14.3. The summed E-state index contributed by atoms with van der Waals surface area (Å²) >= 11 is 1.86. The second-order valence-electron chi connectivity index (χ2n) is 15.2. The van der Waals surface area contributed by atoms with E-state index < -0.39 is 0 Å².